The van der Waals surface area contributed by atoms with Gasteiger partial charge in [-0.15, -0.1) is 0 Å². The van der Waals surface area contributed by atoms with Gasteiger partial charge in [-0.05, 0) is 18.2 Å². The molecule has 1 aromatic rings. The molecule has 0 aliphatic heterocycles. The van der Waals surface area contributed by atoms with Gasteiger partial charge in [0.1, 0.15) is 11.8 Å². The van der Waals surface area contributed by atoms with Crippen LogP contribution >= 0.6 is 23.2 Å². The van der Waals surface area contributed by atoms with E-state index in [1.165, 1.54) is 19.2 Å². The fourth-order valence-corrected chi connectivity index (χ4v) is 2.04. The van der Waals surface area contributed by atoms with Crippen LogP contribution in [0.1, 0.15) is 18.5 Å². The average Bonchev–Trinajstić information content (AvgIpc) is 2.27. The smallest absolute Gasteiger partial charge is 0.407 e. The zero-order chi connectivity index (χ0) is 13.9. The maximum absolute atomic E-state index is 12.9. The predicted octanol–water partition coefficient (Wildman–Crippen LogP) is 4.21. The van der Waals surface area contributed by atoms with E-state index in [9.17, 15) is 13.2 Å². The number of rotatable bonds is 4. The number of halogens is 5. The van der Waals surface area contributed by atoms with Crippen molar-refractivity contribution in [2.45, 2.75) is 19.1 Å². The molecular weight excluding hydrogens is 290 g/mol. The monoisotopic (exact) mass is 301 g/mol. The Balaban J connectivity index is 3.25. The van der Waals surface area contributed by atoms with Crippen molar-refractivity contribution in [3.63, 3.8) is 0 Å². The first kappa shape index (κ1) is 15.4. The van der Waals surface area contributed by atoms with Crippen molar-refractivity contribution >= 4 is 23.2 Å². The summed E-state index contributed by atoms with van der Waals surface area (Å²) in [5.74, 6) is 0.239. The van der Waals surface area contributed by atoms with Gasteiger partial charge in [0.05, 0.1) is 12.1 Å². The van der Waals surface area contributed by atoms with E-state index in [0.717, 1.165) is 0 Å². The number of benzene rings is 1. The molecule has 0 amide bonds. The second-order valence-corrected chi connectivity index (χ2v) is 4.35. The molecule has 1 N–H and O–H groups in total. The Bertz CT molecular complexity index is 423. The zero-order valence-electron chi connectivity index (χ0n) is 9.74. The average molecular weight is 302 g/mol. The first-order chi connectivity index (χ1) is 8.31. The predicted molar refractivity (Wildman–Crippen MR) is 65.5 cm³/mol. The molecule has 18 heavy (non-hydrogen) atoms. The molecular formula is C11H12Cl2F3NO. The Labute approximate surface area is 113 Å². The minimum absolute atomic E-state index is 0.0421. The number of methoxy groups -OCH3 is 1. The van der Waals surface area contributed by atoms with Crippen molar-refractivity contribution in [3.8, 4) is 5.75 Å². The molecule has 0 aliphatic carbocycles. The summed E-state index contributed by atoms with van der Waals surface area (Å²) in [6.45, 7) is 1.74. The molecule has 0 aromatic heterocycles. The van der Waals surface area contributed by atoms with Crippen LogP contribution in [0.4, 0.5) is 13.2 Å². The van der Waals surface area contributed by atoms with Crippen molar-refractivity contribution in [1.29, 1.82) is 0 Å². The Morgan fingerprint density at radius 3 is 2.33 bits per heavy atom. The van der Waals surface area contributed by atoms with E-state index in [4.69, 9.17) is 27.9 Å². The molecule has 2 nitrogen and oxygen atoms in total. The van der Waals surface area contributed by atoms with E-state index in [0.29, 0.717) is 0 Å². The molecule has 102 valence electrons. The van der Waals surface area contributed by atoms with Crippen molar-refractivity contribution in [1.82, 2.24) is 5.32 Å². The summed E-state index contributed by atoms with van der Waals surface area (Å²) < 4.78 is 43.6. The van der Waals surface area contributed by atoms with E-state index in [-0.39, 0.29) is 27.9 Å². The van der Waals surface area contributed by atoms with Crippen molar-refractivity contribution in [3.05, 3.63) is 27.7 Å². The maximum Gasteiger partial charge on any atom is 0.407 e. The molecule has 0 fully saturated rings. The van der Waals surface area contributed by atoms with E-state index < -0.39 is 12.2 Å². The van der Waals surface area contributed by atoms with Gasteiger partial charge < -0.3 is 10.1 Å². The molecule has 0 saturated heterocycles. The topological polar surface area (TPSA) is 21.3 Å². The SMILES string of the molecule is CCNC(c1cc(Cl)c(OC)cc1Cl)C(F)(F)F. The minimum atomic E-state index is -4.45. The molecule has 0 spiro atoms. The van der Waals surface area contributed by atoms with Gasteiger partial charge in [0.25, 0.3) is 0 Å². The van der Waals surface area contributed by atoms with Crippen LogP contribution in [0.5, 0.6) is 5.75 Å². The van der Waals surface area contributed by atoms with Gasteiger partial charge in [0.2, 0.25) is 0 Å². The third-order valence-electron chi connectivity index (χ3n) is 2.32. The third-order valence-corrected chi connectivity index (χ3v) is 2.94. The molecule has 0 aliphatic rings. The molecule has 1 atom stereocenters. The highest BCUT2D eigenvalue weighted by molar-refractivity contribution is 6.34. The Morgan fingerprint density at radius 2 is 1.89 bits per heavy atom. The second kappa shape index (κ2) is 5.99. The first-order valence-electron chi connectivity index (χ1n) is 5.14. The van der Waals surface area contributed by atoms with Gasteiger partial charge in [0.15, 0.2) is 0 Å². The quantitative estimate of drug-likeness (QED) is 0.899. The summed E-state index contributed by atoms with van der Waals surface area (Å²) in [6.07, 6.45) is -4.45. The Kier molecular flexibility index (Phi) is 5.13. The van der Waals surface area contributed by atoms with E-state index in [1.54, 1.807) is 6.92 Å². The first-order valence-corrected chi connectivity index (χ1v) is 5.89. The van der Waals surface area contributed by atoms with Crippen LogP contribution in [-0.4, -0.2) is 19.8 Å². The van der Waals surface area contributed by atoms with Crippen LogP contribution < -0.4 is 10.1 Å². The van der Waals surface area contributed by atoms with E-state index in [2.05, 4.69) is 5.32 Å². The molecule has 1 unspecified atom stereocenters. The van der Waals surface area contributed by atoms with Crippen LogP contribution in [0.2, 0.25) is 10.0 Å². The highest BCUT2D eigenvalue weighted by Crippen LogP contribution is 2.40. The molecule has 1 rings (SSSR count). The molecule has 0 heterocycles. The largest absolute Gasteiger partial charge is 0.495 e. The van der Waals surface area contributed by atoms with Gasteiger partial charge in [0, 0.05) is 11.1 Å². The van der Waals surface area contributed by atoms with Crippen LogP contribution in [0.25, 0.3) is 0 Å². The molecule has 1 aromatic carbocycles. The number of nitrogens with one attached hydrogen (secondary N) is 1. The normalized spacial score (nSPS) is 13.5. The number of alkyl halides is 3. The Hall–Kier alpha value is -0.650. The Morgan fingerprint density at radius 1 is 1.28 bits per heavy atom. The maximum atomic E-state index is 12.9. The van der Waals surface area contributed by atoms with Crippen LogP contribution in [0.15, 0.2) is 12.1 Å². The zero-order valence-corrected chi connectivity index (χ0v) is 11.2. The van der Waals surface area contributed by atoms with Crippen LogP contribution in [0.3, 0.4) is 0 Å². The highest BCUT2D eigenvalue weighted by Gasteiger charge is 2.41. The summed E-state index contributed by atoms with van der Waals surface area (Å²) in [4.78, 5) is 0. The second-order valence-electron chi connectivity index (χ2n) is 3.54. The van der Waals surface area contributed by atoms with Gasteiger partial charge in [-0.25, -0.2) is 0 Å². The van der Waals surface area contributed by atoms with Gasteiger partial charge >= 0.3 is 6.18 Å². The summed E-state index contributed by atoms with van der Waals surface area (Å²) >= 11 is 11.7. The fraction of sp³-hybridized carbons (Fsp3) is 0.455. The number of ether oxygens (including phenoxy) is 1. The van der Waals surface area contributed by atoms with E-state index >= 15 is 0 Å². The van der Waals surface area contributed by atoms with Gasteiger partial charge in [-0.3, -0.25) is 0 Å². The summed E-state index contributed by atoms with van der Waals surface area (Å²) in [5.41, 5.74) is -0.114. The number of hydrogen-bond donors (Lipinski definition) is 1. The summed E-state index contributed by atoms with van der Waals surface area (Å²) in [5, 5.41) is 2.38. The highest BCUT2D eigenvalue weighted by atomic mass is 35.5. The van der Waals surface area contributed by atoms with Gasteiger partial charge in [-0.1, -0.05) is 30.1 Å². The van der Waals surface area contributed by atoms with Crippen molar-refractivity contribution in [2.75, 3.05) is 13.7 Å². The molecule has 0 saturated carbocycles. The van der Waals surface area contributed by atoms with Gasteiger partial charge in [-0.2, -0.15) is 13.2 Å². The lowest BCUT2D eigenvalue weighted by molar-refractivity contribution is -0.157. The minimum Gasteiger partial charge on any atom is -0.495 e. The molecule has 7 heteroatoms. The van der Waals surface area contributed by atoms with Crippen LogP contribution in [-0.2, 0) is 0 Å². The number of hydrogen-bond acceptors (Lipinski definition) is 2. The van der Waals surface area contributed by atoms with Crippen LogP contribution in [0, 0.1) is 0 Å². The van der Waals surface area contributed by atoms with E-state index in [1.807, 2.05) is 0 Å². The fourth-order valence-electron chi connectivity index (χ4n) is 1.53. The third kappa shape index (κ3) is 3.43. The molecule has 0 radical (unpaired) electrons. The van der Waals surface area contributed by atoms with Crippen molar-refractivity contribution < 1.29 is 17.9 Å². The summed E-state index contributed by atoms with van der Waals surface area (Å²) in [6, 6.07) is 0.595. The lowest BCUT2D eigenvalue weighted by Crippen LogP contribution is -2.34. The molecule has 0 bridgehead atoms. The summed E-state index contributed by atoms with van der Waals surface area (Å²) in [7, 11) is 1.36. The lowest BCUT2D eigenvalue weighted by Gasteiger charge is -2.23. The standard InChI is InChI=1S/C11H12Cl2F3NO/c1-3-17-10(11(14,15)16)6-4-8(13)9(18-2)5-7(6)12/h4-5,10,17H,3H2,1-2H3. The lowest BCUT2D eigenvalue weighted by atomic mass is 10.1. The van der Waals surface area contributed by atoms with Crippen molar-refractivity contribution in [2.24, 2.45) is 0 Å².